The van der Waals surface area contributed by atoms with Gasteiger partial charge in [0, 0.05) is 32.1 Å². The number of fused-ring (bicyclic) bond motifs is 1. The summed E-state index contributed by atoms with van der Waals surface area (Å²) in [6.07, 6.45) is 9.06. The summed E-state index contributed by atoms with van der Waals surface area (Å²) in [4.78, 5) is 29.3. The predicted octanol–water partition coefficient (Wildman–Crippen LogP) is 3.19. The van der Waals surface area contributed by atoms with Crippen molar-refractivity contribution in [2.75, 3.05) is 26.7 Å². The maximum Gasteiger partial charge on any atom is 0.257 e. The highest BCUT2D eigenvalue weighted by atomic mass is 16.5. The maximum atomic E-state index is 13.4. The van der Waals surface area contributed by atoms with Crippen molar-refractivity contribution < 1.29 is 14.3 Å². The predicted molar refractivity (Wildman–Crippen MR) is 104 cm³/mol. The number of benzene rings is 1. The van der Waals surface area contributed by atoms with Crippen LogP contribution in [0.4, 0.5) is 0 Å². The van der Waals surface area contributed by atoms with Gasteiger partial charge in [0.2, 0.25) is 5.91 Å². The number of rotatable bonds is 5. The number of methoxy groups -OCH3 is 1. The van der Waals surface area contributed by atoms with E-state index in [0.717, 1.165) is 71.0 Å². The number of carbonyl (C=O) groups is 2. The van der Waals surface area contributed by atoms with Crippen LogP contribution in [0.3, 0.4) is 0 Å². The Labute approximate surface area is 161 Å². The molecule has 1 aromatic carbocycles. The van der Waals surface area contributed by atoms with Crippen molar-refractivity contribution in [3.05, 3.63) is 28.8 Å². The Balaban J connectivity index is 1.51. The minimum atomic E-state index is 0.0963. The highest BCUT2D eigenvalue weighted by Crippen LogP contribution is 2.32. The third-order valence-corrected chi connectivity index (χ3v) is 6.44. The molecule has 0 spiro atoms. The lowest BCUT2D eigenvalue weighted by Crippen LogP contribution is -2.45. The van der Waals surface area contributed by atoms with Gasteiger partial charge in [0.25, 0.3) is 5.91 Å². The second-order valence-electron chi connectivity index (χ2n) is 8.10. The first-order chi connectivity index (χ1) is 13.2. The van der Waals surface area contributed by atoms with Gasteiger partial charge in [-0.05, 0) is 74.6 Å². The normalized spacial score (nSPS) is 22.3. The third kappa shape index (κ3) is 3.69. The average molecular weight is 370 g/mol. The van der Waals surface area contributed by atoms with Gasteiger partial charge < -0.3 is 14.5 Å². The molecule has 0 radical (unpaired) electrons. The molecule has 1 atom stereocenters. The molecule has 0 N–H and O–H groups in total. The van der Waals surface area contributed by atoms with Gasteiger partial charge >= 0.3 is 0 Å². The standard InChI is InChI=1S/C22H30N2O3/c1-27-20-15-17-7-4-6-16(17)14-19(20)22(26)24-12-3-2-8-18(24)10-13-23-11-5-9-21(23)25/h14-15,18H,2-13H2,1H3/t18-/m1/s1. The molecule has 2 fully saturated rings. The van der Waals surface area contributed by atoms with Crippen LogP contribution >= 0.6 is 0 Å². The summed E-state index contributed by atoms with van der Waals surface area (Å²) in [5, 5.41) is 0. The van der Waals surface area contributed by atoms with E-state index in [1.54, 1.807) is 7.11 Å². The van der Waals surface area contributed by atoms with Crippen LogP contribution in [0.5, 0.6) is 5.75 Å². The second kappa shape index (κ2) is 7.91. The zero-order valence-electron chi connectivity index (χ0n) is 16.3. The Kier molecular flexibility index (Phi) is 5.37. The lowest BCUT2D eigenvalue weighted by Gasteiger charge is -2.37. The molecule has 3 aliphatic rings. The molecule has 5 nitrogen and oxygen atoms in total. The van der Waals surface area contributed by atoms with E-state index in [0.29, 0.717) is 17.7 Å². The van der Waals surface area contributed by atoms with E-state index in [2.05, 4.69) is 12.1 Å². The molecule has 0 saturated carbocycles. The van der Waals surface area contributed by atoms with Crippen molar-refractivity contribution in [2.45, 2.75) is 63.8 Å². The van der Waals surface area contributed by atoms with E-state index in [1.165, 1.54) is 11.1 Å². The van der Waals surface area contributed by atoms with Crippen LogP contribution in [0.15, 0.2) is 12.1 Å². The molecule has 4 rings (SSSR count). The summed E-state index contributed by atoms with van der Waals surface area (Å²) in [6.45, 7) is 2.45. The fraction of sp³-hybridized carbons (Fsp3) is 0.636. The van der Waals surface area contributed by atoms with E-state index < -0.39 is 0 Å². The van der Waals surface area contributed by atoms with E-state index in [9.17, 15) is 9.59 Å². The summed E-state index contributed by atoms with van der Waals surface area (Å²) in [7, 11) is 1.65. The minimum absolute atomic E-state index is 0.0963. The van der Waals surface area contributed by atoms with Gasteiger partial charge in [0.15, 0.2) is 0 Å². The summed E-state index contributed by atoms with van der Waals surface area (Å²) < 4.78 is 5.57. The van der Waals surface area contributed by atoms with Crippen LogP contribution in [0, 0.1) is 0 Å². The van der Waals surface area contributed by atoms with E-state index in [4.69, 9.17) is 4.74 Å². The van der Waals surface area contributed by atoms with E-state index >= 15 is 0 Å². The van der Waals surface area contributed by atoms with Crippen LogP contribution in [0.2, 0.25) is 0 Å². The van der Waals surface area contributed by atoms with Gasteiger partial charge in [-0.2, -0.15) is 0 Å². The SMILES string of the molecule is COc1cc2c(cc1C(=O)N1CCCC[C@@H]1CCN1CCCC1=O)CCC2. The Hall–Kier alpha value is -2.04. The lowest BCUT2D eigenvalue weighted by molar-refractivity contribution is -0.127. The Bertz CT molecular complexity index is 731. The van der Waals surface area contributed by atoms with Gasteiger partial charge in [0.1, 0.15) is 5.75 Å². The molecule has 2 heterocycles. The molecular weight excluding hydrogens is 340 g/mol. The molecule has 0 unspecified atom stereocenters. The minimum Gasteiger partial charge on any atom is -0.496 e. The second-order valence-corrected chi connectivity index (χ2v) is 8.10. The molecule has 2 aliphatic heterocycles. The molecule has 2 saturated heterocycles. The molecular formula is C22H30N2O3. The van der Waals surface area contributed by atoms with Gasteiger partial charge in [0.05, 0.1) is 12.7 Å². The molecule has 5 heteroatoms. The van der Waals surface area contributed by atoms with Gasteiger partial charge in [-0.25, -0.2) is 0 Å². The van der Waals surface area contributed by atoms with Crippen molar-refractivity contribution in [1.29, 1.82) is 0 Å². The number of aryl methyl sites for hydroxylation is 2. The van der Waals surface area contributed by atoms with Gasteiger partial charge in [-0.1, -0.05) is 0 Å². The average Bonchev–Trinajstić information content (AvgIpc) is 3.33. The number of nitrogens with zero attached hydrogens (tertiary/aromatic N) is 2. The van der Waals surface area contributed by atoms with Crippen LogP contribution < -0.4 is 4.74 Å². The first-order valence-corrected chi connectivity index (χ1v) is 10.5. The lowest BCUT2D eigenvalue weighted by atomic mass is 9.96. The first kappa shape index (κ1) is 18.3. The highest BCUT2D eigenvalue weighted by molar-refractivity contribution is 5.97. The largest absolute Gasteiger partial charge is 0.496 e. The monoisotopic (exact) mass is 370 g/mol. The Morgan fingerprint density at radius 3 is 2.63 bits per heavy atom. The summed E-state index contributed by atoms with van der Waals surface area (Å²) in [6, 6.07) is 4.36. The number of likely N-dealkylation sites (tertiary alicyclic amines) is 2. The fourth-order valence-electron chi connectivity index (χ4n) is 4.91. The number of hydrogen-bond acceptors (Lipinski definition) is 3. The number of amides is 2. The molecule has 0 aromatic heterocycles. The molecule has 27 heavy (non-hydrogen) atoms. The Morgan fingerprint density at radius 1 is 1.07 bits per heavy atom. The van der Waals surface area contributed by atoms with E-state index in [-0.39, 0.29) is 17.9 Å². The fourth-order valence-corrected chi connectivity index (χ4v) is 4.91. The number of hydrogen-bond donors (Lipinski definition) is 0. The van der Waals surface area contributed by atoms with Gasteiger partial charge in [-0.3, -0.25) is 9.59 Å². The highest BCUT2D eigenvalue weighted by Gasteiger charge is 2.31. The summed E-state index contributed by atoms with van der Waals surface area (Å²) in [5.74, 6) is 1.07. The molecule has 0 bridgehead atoms. The Morgan fingerprint density at radius 2 is 1.89 bits per heavy atom. The van der Waals surface area contributed by atoms with E-state index in [1.807, 2.05) is 9.80 Å². The van der Waals surface area contributed by atoms with Gasteiger partial charge in [-0.15, -0.1) is 0 Å². The van der Waals surface area contributed by atoms with Crippen LogP contribution in [0.1, 0.15) is 66.4 Å². The summed E-state index contributed by atoms with van der Waals surface area (Å²) >= 11 is 0. The maximum absolute atomic E-state index is 13.4. The van der Waals surface area contributed by atoms with Crippen molar-refractivity contribution >= 4 is 11.8 Å². The first-order valence-electron chi connectivity index (χ1n) is 10.5. The van der Waals surface area contributed by atoms with Crippen LogP contribution in [-0.4, -0.2) is 54.4 Å². The molecule has 1 aromatic rings. The number of carbonyl (C=O) groups excluding carboxylic acids is 2. The molecule has 1 aliphatic carbocycles. The van der Waals surface area contributed by atoms with Crippen LogP contribution in [-0.2, 0) is 17.6 Å². The topological polar surface area (TPSA) is 49.9 Å². The van der Waals surface area contributed by atoms with Crippen molar-refractivity contribution in [2.24, 2.45) is 0 Å². The quantitative estimate of drug-likeness (QED) is 0.800. The number of ether oxygens (including phenoxy) is 1. The van der Waals surface area contributed by atoms with Crippen molar-refractivity contribution in [3.8, 4) is 5.75 Å². The molecule has 2 amide bonds. The van der Waals surface area contributed by atoms with Crippen LogP contribution in [0.25, 0.3) is 0 Å². The smallest absolute Gasteiger partial charge is 0.257 e. The van der Waals surface area contributed by atoms with Crippen molar-refractivity contribution in [3.63, 3.8) is 0 Å². The van der Waals surface area contributed by atoms with Crippen molar-refractivity contribution in [1.82, 2.24) is 9.80 Å². The third-order valence-electron chi connectivity index (χ3n) is 6.44. The zero-order valence-corrected chi connectivity index (χ0v) is 16.3. The summed E-state index contributed by atoms with van der Waals surface area (Å²) in [5.41, 5.74) is 3.34. The zero-order chi connectivity index (χ0) is 18.8. The number of piperidine rings is 1. The molecule has 146 valence electrons.